The van der Waals surface area contributed by atoms with E-state index in [-0.39, 0.29) is 29.3 Å². The van der Waals surface area contributed by atoms with Crippen LogP contribution in [0, 0.1) is 12.8 Å². The third-order valence-corrected chi connectivity index (χ3v) is 7.52. The van der Waals surface area contributed by atoms with Crippen LogP contribution in [0.3, 0.4) is 0 Å². The molecule has 37 heavy (non-hydrogen) atoms. The lowest BCUT2D eigenvalue weighted by atomic mass is 9.65. The van der Waals surface area contributed by atoms with Crippen LogP contribution in [0.15, 0.2) is 45.2 Å². The Kier molecular flexibility index (Phi) is 8.11. The van der Waals surface area contributed by atoms with Gasteiger partial charge in [0.15, 0.2) is 5.71 Å². The molecule has 3 atom stereocenters. The van der Waals surface area contributed by atoms with Crippen molar-refractivity contribution in [2.24, 2.45) is 16.8 Å². The Bertz CT molecular complexity index is 1210. The highest BCUT2D eigenvalue weighted by molar-refractivity contribution is 14.1. The number of ether oxygens (including phenoxy) is 1. The first-order chi connectivity index (χ1) is 17.2. The summed E-state index contributed by atoms with van der Waals surface area (Å²) in [6.45, 7) is 6.54. The van der Waals surface area contributed by atoms with Crippen molar-refractivity contribution in [3.63, 3.8) is 0 Å². The third-order valence-electron chi connectivity index (χ3n) is 6.31. The fourth-order valence-corrected chi connectivity index (χ4v) is 5.72. The summed E-state index contributed by atoms with van der Waals surface area (Å²) < 4.78 is 48.3. The molecule has 0 spiro atoms. The average Bonchev–Trinajstić information content (AvgIpc) is 3.26. The molecule has 8 nitrogen and oxygen atoms in total. The lowest BCUT2D eigenvalue weighted by Crippen LogP contribution is -2.54. The number of amides is 2. The van der Waals surface area contributed by atoms with Gasteiger partial charge in [-0.25, -0.2) is 4.79 Å². The molecule has 0 fully saturated rings. The number of carbonyl (C=O) groups excluding carboxylic acids is 3. The van der Waals surface area contributed by atoms with E-state index in [1.807, 2.05) is 22.6 Å². The van der Waals surface area contributed by atoms with Gasteiger partial charge in [0.05, 0.1) is 18.9 Å². The highest BCUT2D eigenvalue weighted by atomic mass is 127. The van der Waals surface area contributed by atoms with Gasteiger partial charge in [0.1, 0.15) is 5.41 Å². The molecule has 0 radical (unpaired) electrons. The second-order valence-corrected chi connectivity index (χ2v) is 10.3. The van der Waals surface area contributed by atoms with E-state index in [0.717, 1.165) is 6.07 Å². The molecule has 1 aliphatic carbocycles. The minimum atomic E-state index is -4.94. The molecule has 2 aliphatic rings. The summed E-state index contributed by atoms with van der Waals surface area (Å²) in [4.78, 5) is 43.1. The van der Waals surface area contributed by atoms with Gasteiger partial charge in [-0.05, 0) is 61.4 Å². The minimum Gasteiger partial charge on any atom is -0.461 e. The molecule has 1 aromatic rings. The molecule has 3 unspecified atom stereocenters. The number of alkyl halides is 3. The standard InChI is InChI=1S/C25H27F3IN3O5/c1-5-36-21(34)18-12-23(37-32-18,25(26,27)28)15-9-10-16(14(4)11-15)24(22(30)35)17(7-6-8-19(24)29)20(33)31-13(2)3/h6-11,13,17H,5,12H2,1-4H3,(H2,30,35)(H,31,33). The molecule has 0 saturated heterocycles. The van der Waals surface area contributed by atoms with E-state index in [0.29, 0.717) is 3.58 Å². The van der Waals surface area contributed by atoms with Crippen molar-refractivity contribution >= 4 is 46.1 Å². The van der Waals surface area contributed by atoms with Crippen LogP contribution in [-0.4, -0.2) is 42.3 Å². The molecule has 0 aromatic heterocycles. The topological polar surface area (TPSA) is 120 Å². The van der Waals surface area contributed by atoms with Crippen molar-refractivity contribution in [2.75, 3.05) is 6.61 Å². The molecule has 200 valence electrons. The SMILES string of the molecule is CCOC(=O)C1=NOC(c2ccc(C3(C(N)=O)C(I)=CC=CC3C(=O)NC(C)C)c(C)c2)(C(F)(F)F)C1. The number of aryl methyl sites for hydroxylation is 1. The summed E-state index contributed by atoms with van der Waals surface area (Å²) in [5.74, 6) is -3.31. The number of rotatable bonds is 7. The van der Waals surface area contributed by atoms with Gasteiger partial charge in [0.25, 0.3) is 5.60 Å². The number of hydrogen-bond donors (Lipinski definition) is 2. The first-order valence-electron chi connectivity index (χ1n) is 11.5. The third kappa shape index (κ3) is 4.87. The van der Waals surface area contributed by atoms with Crippen LogP contribution in [0.2, 0.25) is 0 Å². The fraction of sp³-hybridized carbons (Fsp3) is 0.440. The van der Waals surface area contributed by atoms with Crippen LogP contribution in [-0.2, 0) is 35.0 Å². The molecule has 3 rings (SSSR count). The van der Waals surface area contributed by atoms with Crippen LogP contribution in [0.5, 0.6) is 0 Å². The summed E-state index contributed by atoms with van der Waals surface area (Å²) in [6, 6.07) is 3.49. The molecular formula is C25H27F3IN3O5. The number of nitrogens with zero attached hydrogens (tertiary/aromatic N) is 1. The zero-order valence-electron chi connectivity index (χ0n) is 20.6. The van der Waals surface area contributed by atoms with E-state index in [1.54, 1.807) is 32.1 Å². The summed E-state index contributed by atoms with van der Waals surface area (Å²) in [7, 11) is 0. The van der Waals surface area contributed by atoms with Crippen LogP contribution in [0.25, 0.3) is 0 Å². The predicted octanol–water partition coefficient (Wildman–Crippen LogP) is 3.84. The van der Waals surface area contributed by atoms with Crippen LogP contribution < -0.4 is 11.1 Å². The second kappa shape index (κ2) is 10.5. The first kappa shape index (κ1) is 28.7. The van der Waals surface area contributed by atoms with E-state index in [2.05, 4.69) is 10.5 Å². The van der Waals surface area contributed by atoms with E-state index >= 15 is 0 Å². The van der Waals surface area contributed by atoms with Crippen molar-refractivity contribution < 1.29 is 37.1 Å². The molecular weight excluding hydrogens is 606 g/mol. The van der Waals surface area contributed by atoms with Gasteiger partial charge in [-0.1, -0.05) is 41.6 Å². The number of halogens is 4. The zero-order chi connectivity index (χ0) is 27.8. The number of hydrogen-bond acceptors (Lipinski definition) is 6. The van der Waals surface area contributed by atoms with E-state index in [9.17, 15) is 27.6 Å². The number of allylic oxidation sites excluding steroid dienone is 2. The Balaban J connectivity index is 2.14. The van der Waals surface area contributed by atoms with Gasteiger partial charge in [-0.15, -0.1) is 0 Å². The van der Waals surface area contributed by atoms with Crippen molar-refractivity contribution in [1.82, 2.24) is 5.32 Å². The average molecular weight is 633 g/mol. The molecule has 0 bridgehead atoms. The molecule has 1 heterocycles. The van der Waals surface area contributed by atoms with Crippen molar-refractivity contribution in [2.45, 2.75) is 57.3 Å². The highest BCUT2D eigenvalue weighted by Gasteiger charge is 2.63. The number of esters is 1. The number of nitrogens with two attached hydrogens (primary N) is 1. The van der Waals surface area contributed by atoms with Crippen LogP contribution >= 0.6 is 22.6 Å². The maximum atomic E-state index is 14.4. The van der Waals surface area contributed by atoms with E-state index in [1.165, 1.54) is 26.0 Å². The normalized spacial score (nSPS) is 25.3. The molecule has 2 amide bonds. The molecule has 12 heteroatoms. The van der Waals surface area contributed by atoms with Gasteiger partial charge in [0, 0.05) is 15.2 Å². The van der Waals surface area contributed by atoms with Crippen LogP contribution in [0.1, 0.15) is 43.9 Å². The number of nitrogens with one attached hydrogen (secondary N) is 1. The Morgan fingerprint density at radius 1 is 1.32 bits per heavy atom. The molecule has 1 aromatic carbocycles. The Hall–Kier alpha value is -2.90. The minimum absolute atomic E-state index is 0.0357. The van der Waals surface area contributed by atoms with Gasteiger partial charge in [0.2, 0.25) is 11.8 Å². The second-order valence-electron chi connectivity index (χ2n) is 9.09. The predicted molar refractivity (Wildman–Crippen MR) is 138 cm³/mol. The molecule has 3 N–H and O–H groups in total. The van der Waals surface area contributed by atoms with Gasteiger partial charge < -0.3 is 20.6 Å². The maximum Gasteiger partial charge on any atom is 0.435 e. The summed E-state index contributed by atoms with van der Waals surface area (Å²) in [6.07, 6.45) is -1.00. The summed E-state index contributed by atoms with van der Waals surface area (Å²) in [5.41, 5.74) is 1.08. The quantitative estimate of drug-likeness (QED) is 0.350. The van der Waals surface area contributed by atoms with E-state index in [4.69, 9.17) is 15.3 Å². The Morgan fingerprint density at radius 3 is 2.54 bits per heavy atom. The van der Waals surface area contributed by atoms with Crippen molar-refractivity contribution in [3.8, 4) is 0 Å². The Morgan fingerprint density at radius 2 is 2.00 bits per heavy atom. The number of carbonyl (C=O) groups is 3. The highest BCUT2D eigenvalue weighted by Crippen LogP contribution is 2.51. The fourth-order valence-electron chi connectivity index (χ4n) is 4.62. The van der Waals surface area contributed by atoms with Gasteiger partial charge in [-0.2, -0.15) is 13.2 Å². The number of primary amides is 1. The lowest BCUT2D eigenvalue weighted by molar-refractivity contribution is -0.275. The molecule has 0 saturated carbocycles. The number of oxime groups is 1. The van der Waals surface area contributed by atoms with Crippen molar-refractivity contribution in [1.29, 1.82) is 0 Å². The maximum absolute atomic E-state index is 14.4. The number of benzene rings is 1. The molecule has 1 aliphatic heterocycles. The van der Waals surface area contributed by atoms with Gasteiger partial charge in [-0.3, -0.25) is 9.59 Å². The smallest absolute Gasteiger partial charge is 0.435 e. The summed E-state index contributed by atoms with van der Waals surface area (Å²) in [5, 5.41) is 6.17. The summed E-state index contributed by atoms with van der Waals surface area (Å²) >= 11 is 1.92. The van der Waals surface area contributed by atoms with E-state index < -0.39 is 53.0 Å². The zero-order valence-corrected chi connectivity index (χ0v) is 22.8. The monoisotopic (exact) mass is 633 g/mol. The Labute approximate surface area is 225 Å². The lowest BCUT2D eigenvalue weighted by Gasteiger charge is -2.40. The van der Waals surface area contributed by atoms with Gasteiger partial charge >= 0.3 is 12.1 Å². The first-order valence-corrected chi connectivity index (χ1v) is 12.6. The largest absolute Gasteiger partial charge is 0.461 e. The van der Waals surface area contributed by atoms with Crippen LogP contribution in [0.4, 0.5) is 13.2 Å². The van der Waals surface area contributed by atoms with Crippen molar-refractivity contribution in [3.05, 3.63) is 56.7 Å².